The molecule has 0 unspecified atom stereocenters. The van der Waals surface area contributed by atoms with Crippen molar-refractivity contribution in [1.82, 2.24) is 9.97 Å². The summed E-state index contributed by atoms with van der Waals surface area (Å²) in [6, 6.07) is 206. The Labute approximate surface area is 848 Å². The monoisotopic (exact) mass is 1870 g/mol. The first-order valence-corrected chi connectivity index (χ1v) is 51.9. The van der Waals surface area contributed by atoms with Crippen LogP contribution < -0.4 is 35.4 Å². The highest BCUT2D eigenvalue weighted by Crippen LogP contribution is 2.53. The first-order chi connectivity index (χ1) is 71.6. The molecule has 0 radical (unpaired) electrons. The van der Waals surface area contributed by atoms with Crippen molar-refractivity contribution >= 4 is 145 Å². The molecule has 0 saturated carbocycles. The third-order valence-corrected chi connectivity index (χ3v) is 33.8. The van der Waals surface area contributed by atoms with E-state index in [4.69, 9.17) is 4.98 Å². The van der Waals surface area contributed by atoms with Gasteiger partial charge in [0.2, 0.25) is 0 Å². The molecule has 25 aromatic rings. The summed E-state index contributed by atoms with van der Waals surface area (Å²) < 4.78 is 0. The van der Waals surface area contributed by atoms with Crippen LogP contribution in [0.3, 0.4) is 0 Å². The summed E-state index contributed by atoms with van der Waals surface area (Å²) in [4.78, 5) is 16.8. The number of hydrogen-bond acceptors (Lipinski definition) is 5. The van der Waals surface area contributed by atoms with E-state index in [-0.39, 0.29) is 5.41 Å². The van der Waals surface area contributed by atoms with Gasteiger partial charge < -0.3 is 14.7 Å². The van der Waals surface area contributed by atoms with Crippen molar-refractivity contribution in [2.24, 2.45) is 0 Å². The van der Waals surface area contributed by atoms with E-state index in [9.17, 15) is 0 Å². The fourth-order valence-electron chi connectivity index (χ4n) is 21.8. The minimum absolute atomic E-state index is 0.0525. The average Bonchev–Trinajstić information content (AvgIpc) is 1.72. The van der Waals surface area contributed by atoms with E-state index in [1.807, 2.05) is 24.4 Å². The minimum Gasteiger partial charge on any atom is -0.310 e. The van der Waals surface area contributed by atoms with Gasteiger partial charge in [-0.2, -0.15) is 0 Å². The normalized spacial score (nSPS) is 11.8. The second-order valence-electron chi connectivity index (χ2n) is 37.8. The molecule has 6 heteroatoms. The summed E-state index contributed by atoms with van der Waals surface area (Å²) in [6.07, 6.45) is 1.85. The van der Waals surface area contributed by atoms with Crippen molar-refractivity contribution in [3.8, 4) is 78.3 Å². The molecule has 26 rings (SSSR count). The highest BCUT2D eigenvalue weighted by Gasteiger charge is 2.42. The lowest BCUT2D eigenvalue weighted by Crippen LogP contribution is -2.74. The van der Waals surface area contributed by atoms with Gasteiger partial charge in [0.25, 0.3) is 0 Å². The molecule has 0 amide bonds. The molecule has 0 fully saturated rings. The van der Waals surface area contributed by atoms with Gasteiger partial charge in [0.15, 0.2) is 8.07 Å². The molecule has 0 bridgehead atoms. The number of anilines is 9. The Hall–Kier alpha value is -18.5. The second kappa shape index (κ2) is 39.3. The second-order valence-corrected chi connectivity index (χ2v) is 41.6. The Morgan fingerprint density at radius 3 is 0.972 bits per heavy atom. The highest BCUT2D eigenvalue weighted by molar-refractivity contribution is 7.20. The first kappa shape index (κ1) is 89.2. The van der Waals surface area contributed by atoms with Crippen LogP contribution in [0.4, 0.5) is 51.2 Å². The fraction of sp³-hybridized carbons (Fsp3) is 0.0216. The van der Waals surface area contributed by atoms with Crippen molar-refractivity contribution in [2.75, 3.05) is 14.7 Å². The Morgan fingerprint density at radius 1 is 0.179 bits per heavy atom. The summed E-state index contributed by atoms with van der Waals surface area (Å²) in [5.41, 5.74) is 28.8. The number of rotatable bonds is 19. The third-order valence-electron chi connectivity index (χ3n) is 29.0. The Bertz CT molecular complexity index is 8860. The zero-order valence-electron chi connectivity index (χ0n) is 80.6. The largest absolute Gasteiger partial charge is 0.310 e. The van der Waals surface area contributed by atoms with Crippen LogP contribution in [0.2, 0.25) is 0 Å². The Morgan fingerprint density at radius 2 is 0.490 bits per heavy atom. The van der Waals surface area contributed by atoms with Crippen LogP contribution in [0.5, 0.6) is 0 Å². The fourth-order valence-corrected chi connectivity index (χ4v) is 26.5. The lowest BCUT2D eigenvalue weighted by molar-refractivity contribution is 0.660. The van der Waals surface area contributed by atoms with Crippen molar-refractivity contribution < 1.29 is 0 Å². The smallest absolute Gasteiger partial charge is 0.179 e. The molecule has 23 aromatic carbocycles. The minimum atomic E-state index is -2.64. The maximum absolute atomic E-state index is 4.99. The van der Waals surface area contributed by atoms with Crippen molar-refractivity contribution in [3.63, 3.8) is 0 Å². The average molecular weight is 1870 g/mol. The molecule has 0 atom stereocenters. The van der Waals surface area contributed by atoms with Crippen LogP contribution in [0.25, 0.3) is 143 Å². The molecule has 0 N–H and O–H groups in total. The van der Waals surface area contributed by atoms with E-state index < -0.39 is 8.07 Å². The molecule has 686 valence electrons. The van der Waals surface area contributed by atoms with Crippen LogP contribution >= 0.6 is 0 Å². The van der Waals surface area contributed by atoms with Crippen molar-refractivity contribution in [2.45, 2.75) is 19.3 Å². The zero-order chi connectivity index (χ0) is 97.0. The highest BCUT2D eigenvalue weighted by atomic mass is 28.3. The molecule has 0 spiro atoms. The number of aromatic nitrogens is 2. The standard InChI is InChI=1S/C50H37NSi.C46H34N2.C43H30N2/c1-5-15-38(16-6-1)39-27-29-42(30-28-39)51(44-33-36-50-41(37-44)26-25-40-17-13-14-24-49(40)50)43-31-34-48(35-32-43)52(45-18-7-2-8-19-45,46-20-9-3-10-21-46)47-22-11-4-12-23-47;1-46(2)42-17-9-8-16-38(42)41-30-36(24-26-43(41)46)48(35-22-19-32(20-23-35)44-18-10-11-27-47-44)45-29-34-14-6-7-15-37(34)40-28-33(21-25-39(40)45)31-12-4-3-5-13-31;1-3-10-31(11-4-1)32-20-24-37(25-21-32)45(39-28-29-41-36(30-39)19-18-33-12-7-8-15-40(33)41)38-26-22-35(23-27-38)43-17-9-16-42(44-43)34-13-5-2-6-14-34/h1-37H;3-30H,1-2H3;1-30H. The van der Waals surface area contributed by atoms with Gasteiger partial charge in [-0.3, -0.25) is 4.98 Å². The summed E-state index contributed by atoms with van der Waals surface area (Å²) in [7, 11) is -2.64. The lowest BCUT2D eigenvalue weighted by Gasteiger charge is -2.35. The van der Waals surface area contributed by atoms with Gasteiger partial charge in [0, 0.05) is 79.2 Å². The van der Waals surface area contributed by atoms with E-state index in [0.717, 1.165) is 85.0 Å². The number of benzene rings is 23. The SMILES string of the molecule is CC1(C)c2ccccc2-c2cc(N(c3ccc(-c4ccccn4)cc3)c3cc4ccccc4c4cc(-c5ccccc5)ccc34)ccc21.c1ccc(-c2ccc(N(c3ccc(-c4cccc(-c5ccccc5)n4)cc3)c3ccc4c(ccc5ccccc54)c3)cc2)cc1.c1ccc(-c2ccc(N(c3ccc([Si](c4ccccc4)(c4ccccc4)c4ccccc4)cc3)c3ccc4c(ccc5ccccc54)c3)cc2)cc1. The van der Waals surface area contributed by atoms with Crippen LogP contribution in [-0.2, 0) is 5.41 Å². The topological polar surface area (TPSA) is 35.5 Å². The predicted octanol–water partition coefficient (Wildman–Crippen LogP) is 34.9. The molecule has 0 aliphatic heterocycles. The number of pyridine rings is 2. The molecule has 2 heterocycles. The van der Waals surface area contributed by atoms with Gasteiger partial charge in [-0.05, 0) is 269 Å². The maximum Gasteiger partial charge on any atom is 0.179 e. The van der Waals surface area contributed by atoms with Gasteiger partial charge in [0.1, 0.15) is 0 Å². The van der Waals surface area contributed by atoms with Crippen LogP contribution in [0.15, 0.2) is 576 Å². The number of fused-ring (bicyclic) bond motifs is 12. The number of hydrogen-bond donors (Lipinski definition) is 0. The first-order valence-electron chi connectivity index (χ1n) is 49.9. The maximum atomic E-state index is 4.99. The van der Waals surface area contributed by atoms with Crippen LogP contribution in [0, 0.1) is 0 Å². The third kappa shape index (κ3) is 17.4. The van der Waals surface area contributed by atoms with Gasteiger partial charge in [-0.1, -0.05) is 451 Å². The predicted molar refractivity (Wildman–Crippen MR) is 618 cm³/mol. The van der Waals surface area contributed by atoms with E-state index in [0.29, 0.717) is 0 Å². The van der Waals surface area contributed by atoms with E-state index in [1.54, 1.807) is 0 Å². The summed E-state index contributed by atoms with van der Waals surface area (Å²) in [5.74, 6) is 0. The van der Waals surface area contributed by atoms with Crippen molar-refractivity contribution in [3.05, 3.63) is 588 Å². The Balaban J connectivity index is 0.000000117. The lowest BCUT2D eigenvalue weighted by atomic mass is 9.82. The van der Waals surface area contributed by atoms with Gasteiger partial charge in [0.05, 0.1) is 22.8 Å². The van der Waals surface area contributed by atoms with Gasteiger partial charge in [-0.25, -0.2) is 4.98 Å². The Kier molecular flexibility index (Phi) is 24.2. The number of nitrogens with zero attached hydrogens (tertiary/aromatic N) is 5. The van der Waals surface area contributed by atoms with Crippen molar-refractivity contribution in [1.29, 1.82) is 0 Å². The summed E-state index contributed by atoms with van der Waals surface area (Å²) in [5, 5.41) is 20.4. The van der Waals surface area contributed by atoms with E-state index >= 15 is 0 Å². The van der Waals surface area contributed by atoms with Crippen LogP contribution in [0.1, 0.15) is 25.0 Å². The van der Waals surface area contributed by atoms with Crippen LogP contribution in [-0.4, -0.2) is 18.0 Å². The molecule has 145 heavy (non-hydrogen) atoms. The quantitative estimate of drug-likeness (QED) is 0.0458. The molecular weight excluding hydrogens is 1770 g/mol. The molecular formula is C139H101N5Si. The van der Waals surface area contributed by atoms with Gasteiger partial charge >= 0.3 is 0 Å². The summed E-state index contributed by atoms with van der Waals surface area (Å²) >= 11 is 0. The van der Waals surface area contributed by atoms with E-state index in [2.05, 4.69) is 586 Å². The molecule has 1 aliphatic rings. The molecule has 5 nitrogen and oxygen atoms in total. The summed E-state index contributed by atoms with van der Waals surface area (Å²) in [6.45, 7) is 4.68. The molecule has 1 aliphatic carbocycles. The van der Waals surface area contributed by atoms with Gasteiger partial charge in [-0.15, -0.1) is 0 Å². The molecule has 0 saturated heterocycles. The van der Waals surface area contributed by atoms with E-state index in [1.165, 1.54) is 141 Å². The zero-order valence-corrected chi connectivity index (χ0v) is 81.6. The molecule has 2 aromatic heterocycles.